The Hall–Kier alpha value is -1.90. The van der Waals surface area contributed by atoms with Gasteiger partial charge in [0.05, 0.1) is 5.70 Å². The highest BCUT2D eigenvalue weighted by Crippen LogP contribution is 2.25. The molecule has 1 aliphatic rings. The molecule has 2 amide bonds. The van der Waals surface area contributed by atoms with Crippen molar-refractivity contribution in [2.75, 3.05) is 0 Å². The highest BCUT2D eigenvalue weighted by atomic mass is 16.2. The summed E-state index contributed by atoms with van der Waals surface area (Å²) in [6.45, 7) is 1.42. The summed E-state index contributed by atoms with van der Waals surface area (Å²) in [7, 11) is 0. The fourth-order valence-electron chi connectivity index (χ4n) is 1.87. The molecule has 0 radical (unpaired) electrons. The molecule has 0 saturated carbocycles. The van der Waals surface area contributed by atoms with Crippen molar-refractivity contribution in [3.63, 3.8) is 0 Å². The lowest BCUT2D eigenvalue weighted by Crippen LogP contribution is -2.35. The summed E-state index contributed by atoms with van der Waals surface area (Å²) < 4.78 is 0. The van der Waals surface area contributed by atoms with Crippen LogP contribution in [0.3, 0.4) is 0 Å². The van der Waals surface area contributed by atoms with E-state index in [0.29, 0.717) is 18.5 Å². The molecule has 0 unspecified atom stereocenters. The van der Waals surface area contributed by atoms with Gasteiger partial charge in [0.15, 0.2) is 0 Å². The van der Waals surface area contributed by atoms with E-state index in [2.05, 4.69) is 0 Å². The molecule has 1 aromatic carbocycles. The van der Waals surface area contributed by atoms with Crippen LogP contribution in [0.4, 0.5) is 0 Å². The third-order valence-electron chi connectivity index (χ3n) is 2.57. The van der Waals surface area contributed by atoms with Gasteiger partial charge in [-0.25, -0.2) is 0 Å². The number of amides is 2. The molecule has 1 aliphatic heterocycles. The minimum atomic E-state index is -0.222. The zero-order valence-electron chi connectivity index (χ0n) is 9.14. The highest BCUT2D eigenvalue weighted by molar-refractivity contribution is 6.04. The predicted octanol–water partition coefficient (Wildman–Crippen LogP) is 2.20. The summed E-state index contributed by atoms with van der Waals surface area (Å²) in [4.78, 5) is 24.4. The Labute approximate surface area is 94.4 Å². The number of carbonyl (C=O) groups excluding carboxylic acids is 2. The van der Waals surface area contributed by atoms with E-state index in [1.165, 1.54) is 11.8 Å². The number of nitrogens with zero attached hydrogens (tertiary/aromatic N) is 1. The summed E-state index contributed by atoms with van der Waals surface area (Å²) in [6, 6.07) is 9.51. The van der Waals surface area contributed by atoms with Gasteiger partial charge in [-0.15, -0.1) is 0 Å². The molecule has 1 heterocycles. The smallest absolute Gasteiger partial charge is 0.234 e. The van der Waals surface area contributed by atoms with Gasteiger partial charge in [0.2, 0.25) is 11.8 Å². The van der Waals surface area contributed by atoms with E-state index in [1.807, 2.05) is 36.4 Å². The van der Waals surface area contributed by atoms with Crippen LogP contribution in [0, 0.1) is 0 Å². The van der Waals surface area contributed by atoms with Crippen LogP contribution in [0.1, 0.15) is 25.3 Å². The van der Waals surface area contributed by atoms with Gasteiger partial charge < -0.3 is 0 Å². The Balaban J connectivity index is 2.42. The minimum Gasteiger partial charge on any atom is -0.274 e. The van der Waals surface area contributed by atoms with Crippen molar-refractivity contribution in [2.24, 2.45) is 0 Å². The number of carbonyl (C=O) groups is 2. The molecule has 0 spiro atoms. The Morgan fingerprint density at radius 1 is 1.25 bits per heavy atom. The average molecular weight is 215 g/mol. The van der Waals surface area contributed by atoms with Crippen molar-refractivity contribution in [3.05, 3.63) is 42.0 Å². The van der Waals surface area contributed by atoms with Crippen molar-refractivity contribution in [3.8, 4) is 0 Å². The number of imide groups is 1. The molecule has 16 heavy (non-hydrogen) atoms. The van der Waals surface area contributed by atoms with E-state index in [0.717, 1.165) is 5.56 Å². The number of benzene rings is 1. The molecule has 0 N–H and O–H groups in total. The Bertz CT molecular complexity index is 448. The van der Waals surface area contributed by atoms with Crippen LogP contribution in [0.2, 0.25) is 0 Å². The fourth-order valence-corrected chi connectivity index (χ4v) is 1.87. The second-order valence-corrected chi connectivity index (χ2v) is 3.74. The molecular formula is C13H13NO2. The molecule has 0 aromatic heterocycles. The van der Waals surface area contributed by atoms with Gasteiger partial charge in [0.25, 0.3) is 0 Å². The lowest BCUT2D eigenvalue weighted by molar-refractivity contribution is -0.139. The zero-order valence-corrected chi connectivity index (χ0v) is 9.14. The Morgan fingerprint density at radius 2 is 1.94 bits per heavy atom. The van der Waals surface area contributed by atoms with Crippen LogP contribution in [0.15, 0.2) is 36.4 Å². The topological polar surface area (TPSA) is 37.4 Å². The third kappa shape index (κ3) is 1.89. The first kappa shape index (κ1) is 10.6. The Morgan fingerprint density at radius 3 is 2.56 bits per heavy atom. The van der Waals surface area contributed by atoms with E-state index in [4.69, 9.17) is 0 Å². The van der Waals surface area contributed by atoms with Crippen LogP contribution in [-0.4, -0.2) is 16.7 Å². The quantitative estimate of drug-likeness (QED) is 0.720. The lowest BCUT2D eigenvalue weighted by Gasteiger charge is -2.26. The molecule has 0 atom stereocenters. The number of rotatable bonds is 1. The summed E-state index contributed by atoms with van der Waals surface area (Å²) in [5, 5.41) is 0. The maximum atomic E-state index is 11.7. The van der Waals surface area contributed by atoms with E-state index in [1.54, 1.807) is 0 Å². The third-order valence-corrected chi connectivity index (χ3v) is 2.57. The normalized spacial score (nSPS) is 15.9. The number of hydrogen-bond acceptors (Lipinski definition) is 2. The first-order valence-corrected chi connectivity index (χ1v) is 5.29. The predicted molar refractivity (Wildman–Crippen MR) is 61.2 cm³/mol. The van der Waals surface area contributed by atoms with Crippen molar-refractivity contribution in [2.45, 2.75) is 19.8 Å². The summed E-state index contributed by atoms with van der Waals surface area (Å²) in [6.07, 6.45) is 3.06. The first-order chi connectivity index (χ1) is 7.70. The van der Waals surface area contributed by atoms with E-state index in [-0.39, 0.29) is 11.8 Å². The molecule has 3 heteroatoms. The summed E-state index contributed by atoms with van der Waals surface area (Å²) >= 11 is 0. The lowest BCUT2D eigenvalue weighted by atomic mass is 10.0. The van der Waals surface area contributed by atoms with Crippen LogP contribution in [-0.2, 0) is 9.59 Å². The van der Waals surface area contributed by atoms with Gasteiger partial charge in [-0.3, -0.25) is 14.5 Å². The van der Waals surface area contributed by atoms with Crippen LogP contribution >= 0.6 is 0 Å². The van der Waals surface area contributed by atoms with Gasteiger partial charge in [0, 0.05) is 13.3 Å². The molecule has 0 aliphatic carbocycles. The van der Waals surface area contributed by atoms with E-state index in [9.17, 15) is 9.59 Å². The van der Waals surface area contributed by atoms with Crippen molar-refractivity contribution >= 4 is 17.5 Å². The molecule has 3 nitrogen and oxygen atoms in total. The number of allylic oxidation sites excluding steroid dienone is 1. The van der Waals surface area contributed by atoms with E-state index >= 15 is 0 Å². The number of hydrogen-bond donors (Lipinski definition) is 0. The van der Waals surface area contributed by atoms with Crippen molar-refractivity contribution < 1.29 is 9.59 Å². The van der Waals surface area contributed by atoms with Gasteiger partial charge in [0.1, 0.15) is 0 Å². The molecule has 0 fully saturated rings. The molecule has 0 bridgehead atoms. The molecule has 0 saturated heterocycles. The highest BCUT2D eigenvalue weighted by Gasteiger charge is 2.25. The minimum absolute atomic E-state index is 0.117. The van der Waals surface area contributed by atoms with Gasteiger partial charge in [-0.05, 0) is 12.0 Å². The van der Waals surface area contributed by atoms with E-state index < -0.39 is 0 Å². The fraction of sp³-hybridized carbons (Fsp3) is 0.231. The summed E-state index contributed by atoms with van der Waals surface area (Å²) in [5.41, 5.74) is 1.62. The van der Waals surface area contributed by atoms with Crippen LogP contribution in [0.5, 0.6) is 0 Å². The molecular weight excluding hydrogens is 202 g/mol. The molecule has 2 rings (SSSR count). The SMILES string of the molecule is CC(=O)N1C(=O)CCC=C1c1ccccc1. The zero-order chi connectivity index (χ0) is 11.5. The van der Waals surface area contributed by atoms with Crippen LogP contribution in [0.25, 0.3) is 5.70 Å². The van der Waals surface area contributed by atoms with Gasteiger partial charge in [-0.1, -0.05) is 36.4 Å². The second-order valence-electron chi connectivity index (χ2n) is 3.74. The standard InChI is InChI=1S/C13H13NO2/c1-10(15)14-12(8-5-9-13(14)16)11-6-3-2-4-7-11/h2-4,6-8H,5,9H2,1H3. The Kier molecular flexibility index (Phi) is 2.86. The molecule has 1 aromatic rings. The first-order valence-electron chi connectivity index (χ1n) is 5.29. The summed E-state index contributed by atoms with van der Waals surface area (Å²) in [5.74, 6) is -0.339. The van der Waals surface area contributed by atoms with Crippen molar-refractivity contribution in [1.82, 2.24) is 4.90 Å². The molecule has 82 valence electrons. The maximum absolute atomic E-state index is 11.7. The maximum Gasteiger partial charge on any atom is 0.234 e. The second kappa shape index (κ2) is 4.31. The van der Waals surface area contributed by atoms with Crippen molar-refractivity contribution in [1.29, 1.82) is 0 Å². The van der Waals surface area contributed by atoms with Crippen LogP contribution < -0.4 is 0 Å². The van der Waals surface area contributed by atoms with Gasteiger partial charge in [-0.2, -0.15) is 0 Å². The largest absolute Gasteiger partial charge is 0.274 e. The monoisotopic (exact) mass is 215 g/mol. The average Bonchev–Trinajstić information content (AvgIpc) is 2.29. The van der Waals surface area contributed by atoms with Gasteiger partial charge >= 0.3 is 0 Å².